The molecule has 0 saturated carbocycles. The number of carbonyl (C=O) groups is 1. The minimum atomic E-state index is -0.585. The van der Waals surface area contributed by atoms with Gasteiger partial charge < -0.3 is 68.3 Å². The van der Waals surface area contributed by atoms with E-state index in [1.807, 2.05) is 0 Å². The minimum absolute atomic E-state index is 0.209. The van der Waals surface area contributed by atoms with Crippen LogP contribution in [0.5, 0.6) is 0 Å². The Morgan fingerprint density at radius 2 is 1.02 bits per heavy atom. The van der Waals surface area contributed by atoms with Gasteiger partial charge >= 0.3 is 0 Å². The van der Waals surface area contributed by atoms with Crippen LogP contribution in [-0.4, -0.2) is 185 Å². The molecule has 2 atom stereocenters. The molecule has 15 nitrogen and oxygen atoms in total. The maximum Gasteiger partial charge on any atom is 0.126 e. The lowest BCUT2D eigenvalue weighted by atomic mass is 10.2. The van der Waals surface area contributed by atoms with Crippen LogP contribution in [0.2, 0.25) is 0 Å². The van der Waals surface area contributed by atoms with E-state index in [4.69, 9.17) is 37.1 Å². The number of aliphatic hydroxyl groups is 1. The average Bonchev–Trinajstić information content (AvgIpc) is 2.99. The summed E-state index contributed by atoms with van der Waals surface area (Å²) in [5.74, 6) is -0.209. The van der Waals surface area contributed by atoms with E-state index in [9.17, 15) is 9.90 Å². The van der Waals surface area contributed by atoms with Gasteiger partial charge in [0.05, 0.1) is 51.7 Å². The molecule has 42 heavy (non-hydrogen) atoms. The number of nitrogens with two attached hydrogens (primary N) is 4. The number of aliphatic hydroxyl groups excluding tert-OH is 1. The van der Waals surface area contributed by atoms with Crippen LogP contribution in [-0.2, 0) is 19.0 Å². The highest BCUT2D eigenvalue weighted by atomic mass is 16.5. The molecule has 15 heteroatoms. The van der Waals surface area contributed by atoms with E-state index < -0.39 is 6.10 Å². The number of carbonyl (C=O) groups excluding carboxylic acids is 1. The monoisotopic (exact) mass is 609 g/mol. The molecule has 0 rings (SSSR count). The highest BCUT2D eigenvalue weighted by Crippen LogP contribution is 1.94. The van der Waals surface area contributed by atoms with Crippen molar-refractivity contribution in [3.05, 3.63) is 0 Å². The maximum atomic E-state index is 11.4. The summed E-state index contributed by atoms with van der Waals surface area (Å²) < 4.78 is 16.6. The molecule has 0 aromatic carbocycles. The Labute approximate surface area is 254 Å². The fourth-order valence-electron chi connectivity index (χ4n) is 3.99. The lowest BCUT2D eigenvalue weighted by Crippen LogP contribution is -2.41. The van der Waals surface area contributed by atoms with Gasteiger partial charge in [0.25, 0.3) is 0 Å². The Kier molecular flexibility index (Phi) is 32.3. The number of rotatable bonds is 35. The summed E-state index contributed by atoms with van der Waals surface area (Å²) in [6, 6.07) is 0. The van der Waals surface area contributed by atoms with Crippen LogP contribution in [0.25, 0.3) is 0 Å². The molecule has 0 aliphatic carbocycles. The number of ether oxygens (including phenoxy) is 3. The van der Waals surface area contributed by atoms with Gasteiger partial charge in [0.2, 0.25) is 0 Å². The lowest BCUT2D eigenvalue weighted by Gasteiger charge is -2.22. The number of hydrogen-bond donors (Lipinski definition) is 9. The quantitative estimate of drug-likeness (QED) is 0.0243. The number of nitrogens with one attached hydrogen (secondary N) is 4. The van der Waals surface area contributed by atoms with E-state index in [2.05, 4.69) is 31.1 Å². The van der Waals surface area contributed by atoms with E-state index in [-0.39, 0.29) is 12.5 Å². The Bertz CT molecular complexity index is 559. The molecule has 0 aliphatic rings. The van der Waals surface area contributed by atoms with Gasteiger partial charge in [-0.1, -0.05) is 0 Å². The standard InChI is InChI=1S/C27H64N10O5/c28-1-5-32-7-13-36(11-3-30)15-9-34-21-26(23-38)24-41-19-17-40-18-20-42-25-27(39)22-35-10-16-37(12-4-31)14-8-33-6-2-29/h23,26-27,32-35,39H,1-22,24-25,28-31H2. The van der Waals surface area contributed by atoms with Crippen molar-refractivity contribution in [3.63, 3.8) is 0 Å². The molecule has 0 bridgehead atoms. The molecule has 0 aromatic heterocycles. The van der Waals surface area contributed by atoms with Gasteiger partial charge in [-0.15, -0.1) is 0 Å². The molecule has 252 valence electrons. The molecule has 0 fully saturated rings. The summed E-state index contributed by atoms with van der Waals surface area (Å²) in [6.07, 6.45) is 0.341. The summed E-state index contributed by atoms with van der Waals surface area (Å²) in [4.78, 5) is 15.9. The summed E-state index contributed by atoms with van der Waals surface area (Å²) in [6.45, 7) is 15.8. The highest BCUT2D eigenvalue weighted by Gasteiger charge is 2.09. The Morgan fingerprint density at radius 3 is 1.50 bits per heavy atom. The van der Waals surface area contributed by atoms with Crippen LogP contribution in [0.4, 0.5) is 0 Å². The van der Waals surface area contributed by atoms with Crippen LogP contribution in [0.1, 0.15) is 0 Å². The second-order valence-electron chi connectivity index (χ2n) is 10.1. The molecule has 0 aliphatic heterocycles. The van der Waals surface area contributed by atoms with Crippen molar-refractivity contribution in [3.8, 4) is 0 Å². The van der Waals surface area contributed by atoms with E-state index in [1.165, 1.54) is 0 Å². The van der Waals surface area contributed by atoms with E-state index >= 15 is 0 Å². The van der Waals surface area contributed by atoms with Crippen molar-refractivity contribution >= 4 is 6.29 Å². The predicted molar refractivity (Wildman–Crippen MR) is 169 cm³/mol. The normalized spacial score (nSPS) is 13.3. The Morgan fingerprint density at radius 1 is 0.571 bits per heavy atom. The second kappa shape index (κ2) is 33.0. The van der Waals surface area contributed by atoms with Gasteiger partial charge in [0, 0.05) is 118 Å². The van der Waals surface area contributed by atoms with E-state index in [1.54, 1.807) is 0 Å². The van der Waals surface area contributed by atoms with Gasteiger partial charge in [-0.25, -0.2) is 0 Å². The maximum absolute atomic E-state index is 11.4. The Balaban J connectivity index is 3.69. The SMILES string of the molecule is NCCNCCN(CCN)CCNCC(O)COCCOCCOCC(C=O)CNCCN(CCN)CCNCCN. The number of aldehydes is 1. The van der Waals surface area contributed by atoms with Crippen LogP contribution < -0.4 is 44.2 Å². The average molecular weight is 609 g/mol. The first-order chi connectivity index (χ1) is 20.6. The van der Waals surface area contributed by atoms with Gasteiger partial charge in [-0.05, 0) is 0 Å². The highest BCUT2D eigenvalue weighted by molar-refractivity contribution is 5.53. The summed E-state index contributed by atoms with van der Waals surface area (Å²) in [5, 5.41) is 23.3. The first-order valence-corrected chi connectivity index (χ1v) is 15.6. The molecule has 0 spiro atoms. The molecule has 0 saturated heterocycles. The first kappa shape index (κ1) is 41.1. The summed E-state index contributed by atoms with van der Waals surface area (Å²) in [5.41, 5.74) is 22.4. The lowest BCUT2D eigenvalue weighted by molar-refractivity contribution is -0.113. The first-order valence-electron chi connectivity index (χ1n) is 15.6. The van der Waals surface area contributed by atoms with Crippen LogP contribution in [0, 0.1) is 5.92 Å². The Hall–Kier alpha value is -0.890. The summed E-state index contributed by atoms with van der Waals surface area (Å²) in [7, 11) is 0. The molecular formula is C27H64N10O5. The van der Waals surface area contributed by atoms with Crippen molar-refractivity contribution in [1.82, 2.24) is 31.1 Å². The fraction of sp³-hybridized carbons (Fsp3) is 0.963. The van der Waals surface area contributed by atoms with Crippen molar-refractivity contribution in [2.45, 2.75) is 6.10 Å². The zero-order valence-corrected chi connectivity index (χ0v) is 26.0. The molecular weight excluding hydrogens is 544 g/mol. The zero-order chi connectivity index (χ0) is 30.9. The molecule has 0 amide bonds. The van der Waals surface area contributed by atoms with Gasteiger partial charge in [-0.3, -0.25) is 9.80 Å². The van der Waals surface area contributed by atoms with E-state index in [0.717, 1.165) is 84.8 Å². The van der Waals surface area contributed by atoms with Gasteiger partial charge in [0.15, 0.2) is 0 Å². The van der Waals surface area contributed by atoms with Gasteiger partial charge in [0.1, 0.15) is 6.29 Å². The minimum Gasteiger partial charge on any atom is -0.389 e. The molecule has 13 N–H and O–H groups in total. The molecule has 2 unspecified atom stereocenters. The zero-order valence-electron chi connectivity index (χ0n) is 26.0. The van der Waals surface area contributed by atoms with E-state index in [0.29, 0.717) is 72.3 Å². The van der Waals surface area contributed by atoms with Crippen molar-refractivity contribution in [1.29, 1.82) is 0 Å². The smallest absolute Gasteiger partial charge is 0.126 e. The third kappa shape index (κ3) is 27.9. The van der Waals surface area contributed by atoms with Crippen LogP contribution in [0.3, 0.4) is 0 Å². The fourth-order valence-corrected chi connectivity index (χ4v) is 3.99. The second-order valence-corrected chi connectivity index (χ2v) is 10.1. The van der Waals surface area contributed by atoms with Gasteiger partial charge in [-0.2, -0.15) is 0 Å². The number of nitrogens with zero attached hydrogens (tertiary/aromatic N) is 2. The van der Waals surface area contributed by atoms with Crippen molar-refractivity contribution in [2.24, 2.45) is 28.9 Å². The van der Waals surface area contributed by atoms with Crippen LogP contribution in [0.15, 0.2) is 0 Å². The molecule has 0 radical (unpaired) electrons. The third-order valence-corrected chi connectivity index (χ3v) is 6.32. The third-order valence-electron chi connectivity index (χ3n) is 6.32. The van der Waals surface area contributed by atoms with Crippen molar-refractivity contribution in [2.75, 3.05) is 157 Å². The topological polar surface area (TPSA) is 224 Å². The predicted octanol–water partition coefficient (Wildman–Crippen LogP) is -4.99. The molecule has 0 heterocycles. The summed E-state index contributed by atoms with van der Waals surface area (Å²) >= 11 is 0. The van der Waals surface area contributed by atoms with Crippen LogP contribution >= 0.6 is 0 Å². The van der Waals surface area contributed by atoms with Crippen molar-refractivity contribution < 1.29 is 24.1 Å². The molecule has 0 aromatic rings. The largest absolute Gasteiger partial charge is 0.389 e. The number of hydrogen-bond acceptors (Lipinski definition) is 15.